The highest BCUT2D eigenvalue weighted by Gasteiger charge is 2.25. The lowest BCUT2D eigenvalue weighted by Crippen LogP contribution is -2.26. The third-order valence-corrected chi connectivity index (χ3v) is 5.09. The van der Waals surface area contributed by atoms with Crippen LogP contribution in [-0.4, -0.2) is 28.3 Å². The van der Waals surface area contributed by atoms with Crippen molar-refractivity contribution in [2.24, 2.45) is 0 Å². The summed E-state index contributed by atoms with van der Waals surface area (Å²) in [6.45, 7) is 4.26. The van der Waals surface area contributed by atoms with E-state index in [4.69, 9.17) is 0 Å². The number of anilines is 1. The van der Waals surface area contributed by atoms with Gasteiger partial charge in [0.25, 0.3) is 11.8 Å². The molecule has 3 heterocycles. The van der Waals surface area contributed by atoms with Crippen LogP contribution < -0.4 is 10.6 Å². The number of benzene rings is 1. The Labute approximate surface area is 169 Å². The van der Waals surface area contributed by atoms with E-state index in [-0.39, 0.29) is 11.8 Å². The van der Waals surface area contributed by atoms with Crippen LogP contribution in [0.5, 0.6) is 0 Å². The zero-order valence-electron chi connectivity index (χ0n) is 16.4. The van der Waals surface area contributed by atoms with Crippen molar-refractivity contribution in [3.05, 3.63) is 82.4 Å². The third kappa shape index (κ3) is 3.69. The van der Waals surface area contributed by atoms with Crippen LogP contribution in [0, 0.1) is 13.8 Å². The van der Waals surface area contributed by atoms with Crippen molar-refractivity contribution < 1.29 is 9.59 Å². The summed E-state index contributed by atoms with van der Waals surface area (Å²) in [6, 6.07) is 13.3. The molecule has 1 aliphatic rings. The molecule has 2 amide bonds. The summed E-state index contributed by atoms with van der Waals surface area (Å²) in [5.41, 5.74) is 6.17. The molecule has 0 unspecified atom stereocenters. The summed E-state index contributed by atoms with van der Waals surface area (Å²) in [7, 11) is 0. The minimum absolute atomic E-state index is 0.131. The summed E-state index contributed by atoms with van der Waals surface area (Å²) < 4.78 is 0. The van der Waals surface area contributed by atoms with Crippen molar-refractivity contribution in [3.8, 4) is 0 Å². The molecule has 1 aliphatic heterocycles. The number of aromatic amines is 1. The average molecular weight is 386 g/mol. The molecule has 29 heavy (non-hydrogen) atoms. The van der Waals surface area contributed by atoms with Crippen LogP contribution >= 0.6 is 0 Å². The van der Waals surface area contributed by atoms with Crippen LogP contribution in [0.3, 0.4) is 0 Å². The first-order valence-electron chi connectivity index (χ1n) is 9.54. The van der Waals surface area contributed by atoms with Gasteiger partial charge in [-0.15, -0.1) is 0 Å². The van der Waals surface area contributed by atoms with Gasteiger partial charge in [0, 0.05) is 47.5 Å². The number of nitrogens with zero attached hydrogens (tertiary/aromatic N) is 1. The fraction of sp³-hybridized carbons (Fsp3) is 0.174. The van der Waals surface area contributed by atoms with E-state index in [9.17, 15) is 9.59 Å². The minimum Gasteiger partial charge on any atom is -0.358 e. The van der Waals surface area contributed by atoms with E-state index in [1.165, 1.54) is 0 Å². The number of amides is 2. The third-order valence-electron chi connectivity index (χ3n) is 5.09. The van der Waals surface area contributed by atoms with Crippen LogP contribution in [0.1, 0.15) is 38.6 Å². The lowest BCUT2D eigenvalue weighted by Gasteiger charge is -2.06. The molecule has 4 rings (SSSR count). The highest BCUT2D eigenvalue weighted by Crippen LogP contribution is 2.33. The normalized spacial score (nSPS) is 14.0. The molecule has 0 aliphatic carbocycles. The van der Waals surface area contributed by atoms with E-state index in [2.05, 4.69) is 20.6 Å². The smallest absolute Gasteiger partial charge is 0.256 e. The van der Waals surface area contributed by atoms with Gasteiger partial charge in [0.2, 0.25) is 0 Å². The maximum absolute atomic E-state index is 12.7. The Hall–Kier alpha value is -3.67. The molecular weight excluding hydrogens is 364 g/mol. The highest BCUT2D eigenvalue weighted by atomic mass is 16.2. The first-order valence-corrected chi connectivity index (χ1v) is 9.54. The van der Waals surface area contributed by atoms with Gasteiger partial charge in [0.1, 0.15) is 0 Å². The van der Waals surface area contributed by atoms with E-state index in [0.717, 1.165) is 33.9 Å². The molecule has 146 valence electrons. The second kappa shape index (κ2) is 7.75. The monoisotopic (exact) mass is 386 g/mol. The Morgan fingerprint density at radius 3 is 2.72 bits per heavy atom. The second-order valence-corrected chi connectivity index (χ2v) is 7.05. The average Bonchev–Trinajstić information content (AvgIpc) is 3.18. The molecule has 3 N–H and O–H groups in total. The van der Waals surface area contributed by atoms with Gasteiger partial charge in [-0.05, 0) is 43.7 Å². The number of hydrogen-bond donors (Lipinski definition) is 3. The van der Waals surface area contributed by atoms with E-state index >= 15 is 0 Å². The molecule has 0 fully saturated rings. The van der Waals surface area contributed by atoms with Crippen molar-refractivity contribution in [3.63, 3.8) is 0 Å². The van der Waals surface area contributed by atoms with E-state index < -0.39 is 0 Å². The summed E-state index contributed by atoms with van der Waals surface area (Å²) >= 11 is 0. The van der Waals surface area contributed by atoms with Gasteiger partial charge in [0.05, 0.1) is 11.1 Å². The molecule has 0 radical (unpaired) electrons. The first kappa shape index (κ1) is 18.7. The standard InChI is InChI=1S/C23H22N4O2/c1-14-20(13-18-17-8-3-4-9-19(17)27-22(18)28)26-15(2)21(14)23(29)25-12-10-16-7-5-6-11-24-16/h3-9,11,13,26H,10,12H2,1-2H3,(H,25,29)(H,27,28)/b18-13-. The van der Waals surface area contributed by atoms with E-state index in [1.807, 2.05) is 62.4 Å². The predicted octanol–water partition coefficient (Wildman–Crippen LogP) is 3.49. The van der Waals surface area contributed by atoms with E-state index in [0.29, 0.717) is 24.1 Å². The number of fused-ring (bicyclic) bond motifs is 1. The summed E-state index contributed by atoms with van der Waals surface area (Å²) in [5, 5.41) is 5.83. The van der Waals surface area contributed by atoms with Crippen LogP contribution in [0.4, 0.5) is 5.69 Å². The Morgan fingerprint density at radius 2 is 1.93 bits per heavy atom. The van der Waals surface area contributed by atoms with Gasteiger partial charge < -0.3 is 15.6 Å². The predicted molar refractivity (Wildman–Crippen MR) is 113 cm³/mol. The number of para-hydroxylation sites is 1. The van der Waals surface area contributed by atoms with Crippen molar-refractivity contribution in [2.45, 2.75) is 20.3 Å². The van der Waals surface area contributed by atoms with Gasteiger partial charge in [-0.25, -0.2) is 0 Å². The lowest BCUT2D eigenvalue weighted by atomic mass is 10.0. The number of aromatic nitrogens is 2. The summed E-state index contributed by atoms with van der Waals surface area (Å²) in [6.07, 6.45) is 4.23. The minimum atomic E-state index is -0.140. The topological polar surface area (TPSA) is 86.9 Å². The zero-order valence-corrected chi connectivity index (χ0v) is 16.4. The number of carbonyl (C=O) groups is 2. The second-order valence-electron chi connectivity index (χ2n) is 7.05. The molecule has 0 saturated carbocycles. The van der Waals surface area contributed by atoms with Crippen LogP contribution in [0.25, 0.3) is 11.6 Å². The molecule has 6 nitrogen and oxygen atoms in total. The van der Waals surface area contributed by atoms with Crippen molar-refractivity contribution in [1.29, 1.82) is 0 Å². The maximum Gasteiger partial charge on any atom is 0.256 e. The molecule has 0 bridgehead atoms. The number of H-pyrrole nitrogens is 1. The van der Waals surface area contributed by atoms with Crippen LogP contribution in [-0.2, 0) is 11.2 Å². The Balaban J connectivity index is 1.54. The highest BCUT2D eigenvalue weighted by molar-refractivity contribution is 6.34. The molecule has 1 aromatic carbocycles. The number of nitrogens with one attached hydrogen (secondary N) is 3. The number of hydrogen-bond acceptors (Lipinski definition) is 3. The number of aryl methyl sites for hydroxylation is 1. The van der Waals surface area contributed by atoms with Crippen molar-refractivity contribution in [1.82, 2.24) is 15.3 Å². The molecule has 6 heteroatoms. The summed E-state index contributed by atoms with van der Waals surface area (Å²) in [5.74, 6) is -0.271. The first-order chi connectivity index (χ1) is 14.0. The number of pyridine rings is 1. The van der Waals surface area contributed by atoms with Gasteiger partial charge in [-0.3, -0.25) is 14.6 Å². The fourth-order valence-electron chi connectivity index (χ4n) is 3.62. The SMILES string of the molecule is Cc1[nH]c(/C=C2\C(=O)Nc3ccccc32)c(C)c1C(=O)NCCc1ccccn1. The number of carbonyl (C=O) groups excluding carboxylic acids is 2. The summed E-state index contributed by atoms with van der Waals surface area (Å²) in [4.78, 5) is 32.6. The molecule has 0 saturated heterocycles. The Kier molecular flexibility index (Phi) is 4.99. The van der Waals surface area contributed by atoms with Crippen LogP contribution in [0.2, 0.25) is 0 Å². The van der Waals surface area contributed by atoms with Gasteiger partial charge in [-0.2, -0.15) is 0 Å². The van der Waals surface area contributed by atoms with Gasteiger partial charge in [-0.1, -0.05) is 24.3 Å². The molecular formula is C23H22N4O2. The largest absolute Gasteiger partial charge is 0.358 e. The van der Waals surface area contributed by atoms with Crippen molar-refractivity contribution >= 4 is 29.2 Å². The fourth-order valence-corrected chi connectivity index (χ4v) is 3.62. The Morgan fingerprint density at radius 1 is 1.14 bits per heavy atom. The molecule has 2 aromatic heterocycles. The Bertz CT molecular complexity index is 1110. The zero-order chi connectivity index (χ0) is 20.4. The van der Waals surface area contributed by atoms with Gasteiger partial charge in [0.15, 0.2) is 0 Å². The molecule has 0 spiro atoms. The van der Waals surface area contributed by atoms with Crippen LogP contribution in [0.15, 0.2) is 48.7 Å². The van der Waals surface area contributed by atoms with Crippen molar-refractivity contribution in [2.75, 3.05) is 11.9 Å². The lowest BCUT2D eigenvalue weighted by molar-refractivity contribution is -0.110. The molecule has 3 aromatic rings. The van der Waals surface area contributed by atoms with E-state index in [1.54, 1.807) is 6.20 Å². The number of rotatable bonds is 5. The quantitative estimate of drug-likeness (QED) is 0.587. The van der Waals surface area contributed by atoms with Gasteiger partial charge >= 0.3 is 0 Å². The maximum atomic E-state index is 12.7. The molecule has 0 atom stereocenters.